The number of fused-ring (bicyclic) bond motifs is 1. The number of nitrogens with one attached hydrogen (secondary N) is 4. The summed E-state index contributed by atoms with van der Waals surface area (Å²) in [5.74, 6) is -5.47. The summed E-state index contributed by atoms with van der Waals surface area (Å²) in [4.78, 5) is 65.7. The molecule has 1 heterocycles. The smallest absolute Gasteiger partial charge is 0.326 e. The normalized spacial score (nSPS) is 14.0. The minimum atomic E-state index is -1.54. The second-order valence-corrected chi connectivity index (χ2v) is 10.1. The molecule has 12 heteroatoms. The highest BCUT2D eigenvalue weighted by Gasteiger charge is 2.32. The lowest BCUT2D eigenvalue weighted by Gasteiger charge is -2.25. The van der Waals surface area contributed by atoms with Crippen LogP contribution in [-0.4, -0.2) is 69.0 Å². The fourth-order valence-electron chi connectivity index (χ4n) is 4.39. The van der Waals surface area contributed by atoms with Crippen molar-refractivity contribution in [2.45, 2.75) is 57.3 Å². The molecule has 1 aromatic heterocycles. The Morgan fingerprint density at radius 2 is 1.41 bits per heavy atom. The van der Waals surface area contributed by atoms with Crippen molar-refractivity contribution in [2.75, 3.05) is 0 Å². The maximum Gasteiger partial charge on any atom is 0.326 e. The molecule has 3 aromatic rings. The number of benzene rings is 2. The van der Waals surface area contributed by atoms with Gasteiger partial charge in [-0.25, -0.2) is 4.79 Å². The number of carbonyl (C=O) groups is 5. The molecular weight excluding hydrogens is 530 g/mol. The molecule has 3 amide bonds. The maximum atomic E-state index is 13.3. The van der Waals surface area contributed by atoms with E-state index in [0.717, 1.165) is 16.5 Å². The second kappa shape index (κ2) is 14.1. The summed E-state index contributed by atoms with van der Waals surface area (Å²) in [5.41, 5.74) is 8.43. The van der Waals surface area contributed by atoms with Crippen molar-refractivity contribution in [1.29, 1.82) is 0 Å². The van der Waals surface area contributed by atoms with E-state index < -0.39 is 66.2 Å². The van der Waals surface area contributed by atoms with Crippen LogP contribution in [0.15, 0.2) is 60.8 Å². The zero-order valence-corrected chi connectivity index (χ0v) is 22.8. The minimum Gasteiger partial charge on any atom is -0.481 e. The van der Waals surface area contributed by atoms with E-state index in [9.17, 15) is 34.2 Å². The number of carbonyl (C=O) groups excluding carboxylic acids is 3. The first-order valence-corrected chi connectivity index (χ1v) is 13.2. The molecular formula is C29H35N5O7. The molecule has 0 aliphatic heterocycles. The minimum absolute atomic E-state index is 0.00331. The summed E-state index contributed by atoms with van der Waals surface area (Å²) in [5, 5.41) is 27.1. The van der Waals surface area contributed by atoms with Gasteiger partial charge in [-0.3, -0.25) is 19.2 Å². The predicted octanol–water partition coefficient (Wildman–Crippen LogP) is 0.950. The number of rotatable bonds is 14. The Hall–Kier alpha value is -4.71. The molecule has 0 aliphatic rings. The highest BCUT2D eigenvalue weighted by atomic mass is 16.4. The van der Waals surface area contributed by atoms with Crippen LogP contribution in [0.1, 0.15) is 31.4 Å². The van der Waals surface area contributed by atoms with Crippen molar-refractivity contribution < 1.29 is 34.2 Å². The van der Waals surface area contributed by atoms with Gasteiger partial charge < -0.3 is 36.9 Å². The Labute approximate surface area is 236 Å². The van der Waals surface area contributed by atoms with E-state index in [2.05, 4.69) is 20.9 Å². The van der Waals surface area contributed by atoms with Gasteiger partial charge in [0.05, 0.1) is 12.5 Å². The number of hydrogen-bond donors (Lipinski definition) is 7. The van der Waals surface area contributed by atoms with Gasteiger partial charge in [0.25, 0.3) is 0 Å². The first-order valence-electron chi connectivity index (χ1n) is 13.2. The fraction of sp³-hybridized carbons (Fsp3) is 0.345. The lowest BCUT2D eigenvalue weighted by molar-refractivity contribution is -0.144. The number of hydrogen-bond acceptors (Lipinski definition) is 6. The Morgan fingerprint density at radius 3 is 2.05 bits per heavy atom. The number of aliphatic carboxylic acids is 2. The van der Waals surface area contributed by atoms with Crippen LogP contribution in [0.4, 0.5) is 0 Å². The number of nitrogens with two attached hydrogens (primary N) is 1. The monoisotopic (exact) mass is 565 g/mol. The van der Waals surface area contributed by atoms with Gasteiger partial charge in [0.1, 0.15) is 18.1 Å². The molecule has 0 aliphatic carbocycles. The van der Waals surface area contributed by atoms with Crippen LogP contribution in [0.2, 0.25) is 0 Å². The molecule has 8 N–H and O–H groups in total. The quantitative estimate of drug-likeness (QED) is 0.150. The van der Waals surface area contributed by atoms with E-state index in [1.165, 1.54) is 0 Å². The Balaban J connectivity index is 1.76. The zero-order valence-electron chi connectivity index (χ0n) is 22.8. The molecule has 3 rings (SSSR count). The fourth-order valence-corrected chi connectivity index (χ4v) is 4.39. The highest BCUT2D eigenvalue weighted by Crippen LogP contribution is 2.19. The van der Waals surface area contributed by atoms with Crippen LogP contribution in [-0.2, 0) is 36.8 Å². The number of para-hydroxylation sites is 1. The van der Waals surface area contributed by atoms with Crippen LogP contribution in [0, 0.1) is 5.92 Å². The lowest BCUT2D eigenvalue weighted by Crippen LogP contribution is -2.58. The third kappa shape index (κ3) is 8.64. The van der Waals surface area contributed by atoms with Gasteiger partial charge in [0, 0.05) is 23.5 Å². The van der Waals surface area contributed by atoms with Crippen molar-refractivity contribution in [3.05, 3.63) is 71.9 Å². The topological polar surface area (TPSA) is 204 Å². The molecule has 218 valence electrons. The molecule has 0 fully saturated rings. The maximum absolute atomic E-state index is 13.3. The largest absolute Gasteiger partial charge is 0.481 e. The standard InChI is InChI=1S/C29H35N5O7/c1-16(2)25(29(40)41)34-28(39)22(12-17-8-4-3-5-9-17)33-27(38)23(14-24(35)36)32-26(37)20(30)13-18-15-31-21-11-7-6-10-19(18)21/h3-11,15-16,20,22-23,25,31H,12-14,30H2,1-2H3,(H,32,37)(H,33,38)(H,34,39)(H,35,36)(H,40,41). The van der Waals surface area contributed by atoms with E-state index in [1.807, 2.05) is 24.3 Å². The van der Waals surface area contributed by atoms with Crippen LogP contribution in [0.5, 0.6) is 0 Å². The van der Waals surface area contributed by atoms with E-state index in [1.54, 1.807) is 50.4 Å². The molecule has 4 atom stereocenters. The van der Waals surface area contributed by atoms with Gasteiger partial charge in [-0.2, -0.15) is 0 Å². The van der Waals surface area contributed by atoms with Crippen molar-refractivity contribution in [1.82, 2.24) is 20.9 Å². The first kappa shape index (κ1) is 30.8. The summed E-state index contributed by atoms with van der Waals surface area (Å²) >= 11 is 0. The SMILES string of the molecule is CC(C)C(NC(=O)C(Cc1ccccc1)NC(=O)C(CC(=O)O)NC(=O)C(N)Cc1c[nH]c2ccccc12)C(=O)O. The Kier molecular flexibility index (Phi) is 10.6. The third-order valence-corrected chi connectivity index (χ3v) is 6.61. The van der Waals surface area contributed by atoms with E-state index >= 15 is 0 Å². The van der Waals surface area contributed by atoms with Gasteiger partial charge in [0.2, 0.25) is 17.7 Å². The number of H-pyrrole nitrogens is 1. The van der Waals surface area contributed by atoms with E-state index in [-0.39, 0.29) is 12.8 Å². The molecule has 0 radical (unpaired) electrons. The number of carboxylic acids is 2. The number of aromatic amines is 1. The van der Waals surface area contributed by atoms with Crippen molar-refractivity contribution in [3.8, 4) is 0 Å². The van der Waals surface area contributed by atoms with Crippen LogP contribution in [0.3, 0.4) is 0 Å². The summed E-state index contributed by atoms with van der Waals surface area (Å²) in [6.07, 6.45) is 1.09. The van der Waals surface area contributed by atoms with Gasteiger partial charge in [0.15, 0.2) is 0 Å². The third-order valence-electron chi connectivity index (χ3n) is 6.61. The second-order valence-electron chi connectivity index (χ2n) is 10.1. The first-order chi connectivity index (χ1) is 19.5. The van der Waals surface area contributed by atoms with E-state index in [0.29, 0.717) is 5.56 Å². The molecule has 2 aromatic carbocycles. The molecule has 0 saturated carbocycles. The van der Waals surface area contributed by atoms with Crippen molar-refractivity contribution in [2.24, 2.45) is 11.7 Å². The zero-order chi connectivity index (χ0) is 30.1. The van der Waals surface area contributed by atoms with Gasteiger partial charge in [-0.1, -0.05) is 62.4 Å². The Morgan fingerprint density at radius 1 is 0.805 bits per heavy atom. The molecule has 41 heavy (non-hydrogen) atoms. The lowest BCUT2D eigenvalue weighted by atomic mass is 10.0. The van der Waals surface area contributed by atoms with Crippen LogP contribution >= 0.6 is 0 Å². The number of aromatic nitrogens is 1. The summed E-state index contributed by atoms with van der Waals surface area (Å²) in [7, 11) is 0. The molecule has 0 bridgehead atoms. The molecule has 4 unspecified atom stereocenters. The van der Waals surface area contributed by atoms with Crippen LogP contribution < -0.4 is 21.7 Å². The van der Waals surface area contributed by atoms with Gasteiger partial charge >= 0.3 is 11.9 Å². The van der Waals surface area contributed by atoms with Crippen molar-refractivity contribution in [3.63, 3.8) is 0 Å². The Bertz CT molecular complexity index is 1390. The van der Waals surface area contributed by atoms with Gasteiger partial charge in [-0.05, 0) is 29.5 Å². The van der Waals surface area contributed by atoms with Gasteiger partial charge in [-0.15, -0.1) is 0 Å². The molecule has 12 nitrogen and oxygen atoms in total. The highest BCUT2D eigenvalue weighted by molar-refractivity contribution is 5.96. The van der Waals surface area contributed by atoms with Crippen LogP contribution in [0.25, 0.3) is 10.9 Å². The molecule has 0 saturated heterocycles. The number of carboxylic acid groups (broad SMARTS) is 2. The molecule has 0 spiro atoms. The van der Waals surface area contributed by atoms with E-state index in [4.69, 9.17) is 5.73 Å². The predicted molar refractivity (Wildman–Crippen MR) is 151 cm³/mol. The number of amides is 3. The average molecular weight is 566 g/mol. The summed E-state index contributed by atoms with van der Waals surface area (Å²) < 4.78 is 0. The van der Waals surface area contributed by atoms with Crippen molar-refractivity contribution >= 4 is 40.6 Å². The summed E-state index contributed by atoms with van der Waals surface area (Å²) in [6, 6.07) is 11.1. The average Bonchev–Trinajstić information content (AvgIpc) is 3.33. The summed E-state index contributed by atoms with van der Waals surface area (Å²) in [6.45, 7) is 3.25.